The number of carbonyl (C=O) groups is 1. The van der Waals surface area contributed by atoms with Gasteiger partial charge in [-0.05, 0) is 37.1 Å². The number of halogens is 1. The van der Waals surface area contributed by atoms with E-state index in [1.807, 2.05) is 0 Å². The molecule has 1 aromatic heterocycles. The van der Waals surface area contributed by atoms with Crippen molar-refractivity contribution in [1.29, 1.82) is 0 Å². The van der Waals surface area contributed by atoms with E-state index in [9.17, 15) is 19.4 Å². The number of aromatic hydroxyl groups is 2. The summed E-state index contributed by atoms with van der Waals surface area (Å²) < 4.78 is 30.9. The minimum atomic E-state index is -0.612. The second-order valence-electron chi connectivity index (χ2n) is 8.41. The van der Waals surface area contributed by atoms with E-state index in [0.717, 1.165) is 0 Å². The van der Waals surface area contributed by atoms with Crippen molar-refractivity contribution in [2.45, 2.75) is 25.9 Å². The third kappa shape index (κ3) is 4.66. The van der Waals surface area contributed by atoms with Crippen molar-refractivity contribution in [1.82, 2.24) is 9.88 Å². The van der Waals surface area contributed by atoms with Crippen LogP contribution in [0.25, 0.3) is 11.1 Å². The predicted molar refractivity (Wildman–Crippen MR) is 131 cm³/mol. The smallest absolute Gasteiger partial charge is 0.263 e. The van der Waals surface area contributed by atoms with Crippen LogP contribution in [0.1, 0.15) is 40.9 Å². The number of nitrogens with zero attached hydrogens (tertiary/aromatic N) is 2. The SMILES string of the molecule is CCOCc1nc(O)c(C(=O)N2CCC(c3ccccc3F)C2)c(O)c1-c1c(OC)cccc1OC. The van der Waals surface area contributed by atoms with Gasteiger partial charge in [-0.2, -0.15) is 0 Å². The fourth-order valence-corrected chi connectivity index (χ4v) is 4.63. The molecule has 0 spiro atoms. The number of methoxy groups -OCH3 is 2. The maximum Gasteiger partial charge on any atom is 0.263 e. The molecule has 1 unspecified atom stereocenters. The van der Waals surface area contributed by atoms with Crippen LogP contribution in [0.4, 0.5) is 4.39 Å². The molecule has 2 heterocycles. The first-order valence-electron chi connectivity index (χ1n) is 11.7. The van der Waals surface area contributed by atoms with Gasteiger partial charge in [0.25, 0.3) is 5.91 Å². The van der Waals surface area contributed by atoms with Crippen LogP contribution in [-0.4, -0.2) is 59.9 Å². The Hall–Kier alpha value is -3.85. The molecule has 0 aliphatic carbocycles. The topological polar surface area (TPSA) is 101 Å². The highest BCUT2D eigenvalue weighted by Crippen LogP contribution is 2.47. The summed E-state index contributed by atoms with van der Waals surface area (Å²) in [7, 11) is 2.95. The lowest BCUT2D eigenvalue weighted by atomic mass is 9.97. The number of rotatable bonds is 8. The summed E-state index contributed by atoms with van der Waals surface area (Å²) >= 11 is 0. The van der Waals surface area contributed by atoms with Gasteiger partial charge in [-0.15, -0.1) is 0 Å². The van der Waals surface area contributed by atoms with Gasteiger partial charge in [0.2, 0.25) is 5.88 Å². The molecule has 8 nitrogen and oxygen atoms in total. The lowest BCUT2D eigenvalue weighted by molar-refractivity contribution is 0.0783. The van der Waals surface area contributed by atoms with E-state index in [2.05, 4.69) is 4.98 Å². The standard InChI is InChI=1S/C27H29FN2O6/c1-4-36-15-19-22(23-20(34-2)10-7-11-21(23)35-3)25(31)24(26(32)29-19)27(33)30-13-12-16(14-30)17-8-5-6-9-18(17)28/h5-11,16H,4,12-15H2,1-3H3,(H2,29,31,32). The Kier molecular flexibility index (Phi) is 7.59. The minimum Gasteiger partial charge on any atom is -0.506 e. The zero-order valence-corrected chi connectivity index (χ0v) is 20.5. The summed E-state index contributed by atoms with van der Waals surface area (Å²) in [5.74, 6) is -1.43. The van der Waals surface area contributed by atoms with E-state index >= 15 is 0 Å². The Balaban J connectivity index is 1.79. The number of aromatic nitrogens is 1. The molecule has 1 amide bonds. The van der Waals surface area contributed by atoms with E-state index in [1.54, 1.807) is 43.3 Å². The zero-order valence-electron chi connectivity index (χ0n) is 20.5. The minimum absolute atomic E-state index is 0.0261. The summed E-state index contributed by atoms with van der Waals surface area (Å²) in [5, 5.41) is 22.2. The second kappa shape index (κ2) is 10.8. The van der Waals surface area contributed by atoms with Gasteiger partial charge < -0.3 is 29.3 Å². The molecule has 3 aromatic rings. The van der Waals surface area contributed by atoms with E-state index < -0.39 is 17.5 Å². The van der Waals surface area contributed by atoms with Gasteiger partial charge in [-0.3, -0.25) is 4.79 Å². The van der Waals surface area contributed by atoms with Crippen LogP contribution in [0.5, 0.6) is 23.1 Å². The lowest BCUT2D eigenvalue weighted by Crippen LogP contribution is -2.29. The quantitative estimate of drug-likeness (QED) is 0.474. The molecular formula is C27H29FN2O6. The van der Waals surface area contributed by atoms with Gasteiger partial charge in [0.15, 0.2) is 0 Å². The lowest BCUT2D eigenvalue weighted by Gasteiger charge is -2.22. The van der Waals surface area contributed by atoms with Crippen LogP contribution in [-0.2, 0) is 11.3 Å². The Labute approximate surface area is 208 Å². The van der Waals surface area contributed by atoms with Crippen molar-refractivity contribution in [3.8, 4) is 34.3 Å². The van der Waals surface area contributed by atoms with Crippen molar-refractivity contribution in [3.05, 3.63) is 65.1 Å². The Bertz CT molecular complexity index is 1240. The Morgan fingerprint density at radius 2 is 1.78 bits per heavy atom. The average molecular weight is 497 g/mol. The van der Waals surface area contributed by atoms with Crippen molar-refractivity contribution >= 4 is 5.91 Å². The van der Waals surface area contributed by atoms with Gasteiger partial charge in [-0.1, -0.05) is 24.3 Å². The fourth-order valence-electron chi connectivity index (χ4n) is 4.63. The maximum absolute atomic E-state index is 14.3. The molecule has 1 aliphatic rings. The fraction of sp³-hybridized carbons (Fsp3) is 0.333. The number of benzene rings is 2. The van der Waals surface area contributed by atoms with Gasteiger partial charge in [0.1, 0.15) is 28.6 Å². The molecule has 1 aliphatic heterocycles. The van der Waals surface area contributed by atoms with Gasteiger partial charge in [-0.25, -0.2) is 9.37 Å². The van der Waals surface area contributed by atoms with Gasteiger partial charge in [0, 0.05) is 25.6 Å². The molecule has 9 heteroatoms. The molecule has 36 heavy (non-hydrogen) atoms. The van der Waals surface area contributed by atoms with Gasteiger partial charge >= 0.3 is 0 Å². The average Bonchev–Trinajstić information content (AvgIpc) is 3.37. The molecule has 0 saturated carbocycles. The largest absolute Gasteiger partial charge is 0.506 e. The highest BCUT2D eigenvalue weighted by atomic mass is 19.1. The van der Waals surface area contributed by atoms with Crippen LogP contribution in [0.15, 0.2) is 42.5 Å². The summed E-state index contributed by atoms with van der Waals surface area (Å²) in [6, 6.07) is 11.6. The van der Waals surface area contributed by atoms with E-state index in [4.69, 9.17) is 14.2 Å². The molecule has 4 rings (SSSR count). The summed E-state index contributed by atoms with van der Waals surface area (Å²) in [4.78, 5) is 19.3. The Morgan fingerprint density at radius 1 is 1.08 bits per heavy atom. The third-order valence-electron chi connectivity index (χ3n) is 6.38. The van der Waals surface area contributed by atoms with Crippen LogP contribution >= 0.6 is 0 Å². The summed E-state index contributed by atoms with van der Waals surface area (Å²) in [6.07, 6.45) is 0.553. The normalized spacial score (nSPS) is 15.2. The summed E-state index contributed by atoms with van der Waals surface area (Å²) in [6.45, 7) is 2.73. The number of likely N-dealkylation sites (tertiary alicyclic amines) is 1. The first-order valence-corrected chi connectivity index (χ1v) is 11.7. The number of pyridine rings is 1. The molecule has 2 N–H and O–H groups in total. The van der Waals surface area contributed by atoms with Crippen LogP contribution in [0.3, 0.4) is 0 Å². The van der Waals surface area contributed by atoms with Crippen molar-refractivity contribution in [3.63, 3.8) is 0 Å². The van der Waals surface area contributed by atoms with Crippen LogP contribution in [0, 0.1) is 5.82 Å². The molecule has 190 valence electrons. The molecular weight excluding hydrogens is 467 g/mol. The molecule has 0 bridgehead atoms. The second-order valence-corrected chi connectivity index (χ2v) is 8.41. The molecule has 2 aromatic carbocycles. The highest BCUT2D eigenvalue weighted by molar-refractivity contribution is 6.02. The van der Waals surface area contributed by atoms with Crippen LogP contribution in [0.2, 0.25) is 0 Å². The van der Waals surface area contributed by atoms with Crippen molar-refractivity contribution in [2.24, 2.45) is 0 Å². The van der Waals surface area contributed by atoms with Crippen molar-refractivity contribution < 1.29 is 33.6 Å². The number of ether oxygens (including phenoxy) is 3. The highest BCUT2D eigenvalue weighted by Gasteiger charge is 2.35. The first-order chi connectivity index (χ1) is 17.4. The predicted octanol–water partition coefficient (Wildman–Crippen LogP) is 4.48. The van der Waals surface area contributed by atoms with Gasteiger partial charge in [0.05, 0.1) is 37.6 Å². The van der Waals surface area contributed by atoms with E-state index in [-0.39, 0.29) is 41.7 Å². The molecule has 1 fully saturated rings. The molecule has 1 atom stereocenters. The number of amides is 1. The van der Waals surface area contributed by atoms with E-state index in [1.165, 1.54) is 25.2 Å². The molecule has 0 radical (unpaired) electrons. The van der Waals surface area contributed by atoms with Crippen molar-refractivity contribution in [2.75, 3.05) is 33.9 Å². The number of carbonyl (C=O) groups excluding carboxylic acids is 1. The first kappa shape index (κ1) is 25.2. The monoisotopic (exact) mass is 496 g/mol. The Morgan fingerprint density at radius 3 is 2.42 bits per heavy atom. The number of hydrogen-bond acceptors (Lipinski definition) is 7. The van der Waals surface area contributed by atoms with Crippen LogP contribution < -0.4 is 9.47 Å². The summed E-state index contributed by atoms with van der Waals surface area (Å²) in [5.41, 5.74) is 0.959. The molecule has 1 saturated heterocycles. The van der Waals surface area contributed by atoms with E-state index in [0.29, 0.717) is 42.2 Å². The number of hydrogen-bond donors (Lipinski definition) is 2. The zero-order chi connectivity index (χ0) is 25.8. The third-order valence-corrected chi connectivity index (χ3v) is 6.38. The maximum atomic E-state index is 14.3.